The molecule has 2 heterocycles. The molecule has 3 rings (SSSR count). The number of fused-ring (bicyclic) bond motifs is 1. The first-order chi connectivity index (χ1) is 12.9. The number of carbonyl (C=O) groups excluding carboxylic acids is 2. The Labute approximate surface area is 162 Å². The molecule has 1 aromatic rings. The third-order valence-electron chi connectivity index (χ3n) is 4.60. The van der Waals surface area contributed by atoms with Crippen molar-refractivity contribution >= 4 is 35.8 Å². The number of amides is 3. The predicted octanol–water partition coefficient (Wildman–Crippen LogP) is 2.54. The molecule has 1 unspecified atom stereocenters. The van der Waals surface area contributed by atoms with Gasteiger partial charge in [-0.15, -0.1) is 16.8 Å². The van der Waals surface area contributed by atoms with E-state index < -0.39 is 5.92 Å². The SMILES string of the molecule is COc1cc(CSC2=C(C)C=NC3=[N+](C)C(=O)N(C)C(=O)C23)cc(OC)c1. The first-order valence-electron chi connectivity index (χ1n) is 8.39. The molecule has 2 aliphatic heterocycles. The molecular formula is C19H22N3O4S+. The van der Waals surface area contributed by atoms with Crippen molar-refractivity contribution in [1.82, 2.24) is 4.90 Å². The fourth-order valence-corrected chi connectivity index (χ4v) is 4.21. The van der Waals surface area contributed by atoms with Crippen molar-refractivity contribution in [2.75, 3.05) is 28.3 Å². The molecule has 0 fully saturated rings. The van der Waals surface area contributed by atoms with Crippen molar-refractivity contribution in [3.05, 3.63) is 34.2 Å². The van der Waals surface area contributed by atoms with Crippen LogP contribution in [-0.2, 0) is 10.5 Å². The molecule has 0 N–H and O–H groups in total. The van der Waals surface area contributed by atoms with Crippen LogP contribution in [0, 0.1) is 5.92 Å². The highest BCUT2D eigenvalue weighted by Crippen LogP contribution is 2.37. The third-order valence-corrected chi connectivity index (χ3v) is 5.95. The van der Waals surface area contributed by atoms with Gasteiger partial charge in [0.1, 0.15) is 17.7 Å². The molecule has 27 heavy (non-hydrogen) atoms. The minimum Gasteiger partial charge on any atom is -0.497 e. The quantitative estimate of drug-likeness (QED) is 0.725. The van der Waals surface area contributed by atoms with E-state index in [9.17, 15) is 9.59 Å². The minimum absolute atomic E-state index is 0.255. The number of aliphatic imine (C=N–C) groups is 1. The minimum atomic E-state index is -0.555. The summed E-state index contributed by atoms with van der Waals surface area (Å²) < 4.78 is 12.1. The van der Waals surface area contributed by atoms with Gasteiger partial charge in [0.2, 0.25) is 0 Å². The van der Waals surface area contributed by atoms with E-state index in [-0.39, 0.29) is 11.9 Å². The number of nitrogens with zero attached hydrogens (tertiary/aromatic N) is 3. The predicted molar refractivity (Wildman–Crippen MR) is 105 cm³/mol. The van der Waals surface area contributed by atoms with Crippen LogP contribution >= 0.6 is 11.8 Å². The second-order valence-corrected chi connectivity index (χ2v) is 7.36. The summed E-state index contributed by atoms with van der Waals surface area (Å²) in [4.78, 5) is 31.4. The van der Waals surface area contributed by atoms with E-state index in [0.717, 1.165) is 20.9 Å². The number of imide groups is 1. The highest BCUT2D eigenvalue weighted by Gasteiger charge is 2.47. The van der Waals surface area contributed by atoms with E-state index >= 15 is 0 Å². The average molecular weight is 388 g/mol. The molecule has 1 aromatic carbocycles. The zero-order valence-electron chi connectivity index (χ0n) is 16.0. The summed E-state index contributed by atoms with van der Waals surface area (Å²) in [6, 6.07) is 5.33. The summed E-state index contributed by atoms with van der Waals surface area (Å²) in [5.74, 6) is 1.72. The number of allylic oxidation sites excluding steroid dienone is 1. The summed E-state index contributed by atoms with van der Waals surface area (Å²) in [6.07, 6.45) is 1.71. The lowest BCUT2D eigenvalue weighted by Crippen LogP contribution is -2.52. The maximum Gasteiger partial charge on any atom is 0.445 e. The van der Waals surface area contributed by atoms with Crippen molar-refractivity contribution in [1.29, 1.82) is 0 Å². The smallest absolute Gasteiger partial charge is 0.445 e. The number of rotatable bonds is 5. The summed E-state index contributed by atoms with van der Waals surface area (Å²) >= 11 is 1.56. The number of hydrogen-bond acceptors (Lipinski definition) is 6. The Hall–Kier alpha value is -2.61. The molecule has 7 nitrogen and oxygen atoms in total. The Morgan fingerprint density at radius 1 is 1.19 bits per heavy atom. The monoisotopic (exact) mass is 388 g/mol. The number of amidine groups is 1. The number of urea groups is 1. The van der Waals surface area contributed by atoms with E-state index in [1.807, 2.05) is 25.1 Å². The van der Waals surface area contributed by atoms with Gasteiger partial charge >= 0.3 is 11.9 Å². The van der Waals surface area contributed by atoms with Gasteiger partial charge < -0.3 is 9.47 Å². The van der Waals surface area contributed by atoms with Crippen molar-refractivity contribution < 1.29 is 23.6 Å². The third kappa shape index (κ3) is 3.49. The average Bonchev–Trinajstić information content (AvgIpc) is 2.69. The summed E-state index contributed by atoms with van der Waals surface area (Å²) in [5.41, 5.74) is 1.94. The lowest BCUT2D eigenvalue weighted by atomic mass is 9.99. The molecule has 0 aliphatic carbocycles. The van der Waals surface area contributed by atoms with E-state index in [0.29, 0.717) is 23.1 Å². The number of benzene rings is 1. The fraction of sp³-hybridized carbons (Fsp3) is 0.368. The molecule has 0 aromatic heterocycles. The number of methoxy groups -OCH3 is 2. The van der Waals surface area contributed by atoms with Crippen LogP contribution in [0.1, 0.15) is 12.5 Å². The molecule has 0 saturated heterocycles. The first-order valence-corrected chi connectivity index (χ1v) is 9.37. The van der Waals surface area contributed by atoms with Gasteiger partial charge in [-0.25, -0.2) is 4.79 Å². The van der Waals surface area contributed by atoms with E-state index in [1.54, 1.807) is 39.2 Å². The van der Waals surface area contributed by atoms with Gasteiger partial charge in [-0.05, 0) is 30.2 Å². The summed E-state index contributed by atoms with van der Waals surface area (Å²) in [6.45, 7) is 1.93. The van der Waals surface area contributed by atoms with Crippen LogP contribution in [0.5, 0.6) is 11.5 Å². The number of hydrogen-bond donors (Lipinski definition) is 0. The molecule has 0 saturated carbocycles. The standard InChI is InChI=1S/C19H22N3O4S/c1-11-9-20-17-15(18(23)22(3)19(24)21(17)2)16(11)27-10-12-6-13(25-4)8-14(7-12)26-5/h6-9,15H,10H2,1-5H3/q+1. The fourth-order valence-electron chi connectivity index (χ4n) is 3.07. The maximum atomic E-state index is 12.8. The van der Waals surface area contributed by atoms with Gasteiger partial charge in [0.05, 0.1) is 28.3 Å². The normalized spacial score (nSPS) is 19.6. The molecule has 2 aliphatic rings. The lowest BCUT2D eigenvalue weighted by molar-refractivity contribution is -0.407. The van der Waals surface area contributed by atoms with Gasteiger partial charge in [-0.1, -0.05) is 0 Å². The van der Waals surface area contributed by atoms with Crippen LogP contribution < -0.4 is 9.47 Å². The van der Waals surface area contributed by atoms with Crippen molar-refractivity contribution in [2.24, 2.45) is 10.9 Å². The van der Waals surface area contributed by atoms with Gasteiger partial charge in [-0.2, -0.15) is 9.48 Å². The first kappa shape index (κ1) is 19.2. The van der Waals surface area contributed by atoms with Crippen LogP contribution in [0.3, 0.4) is 0 Å². The number of dihydropyridines is 1. The van der Waals surface area contributed by atoms with E-state index in [1.165, 1.54) is 11.6 Å². The Kier molecular flexibility index (Phi) is 5.36. The van der Waals surface area contributed by atoms with Gasteiger partial charge in [0.15, 0.2) is 5.92 Å². The van der Waals surface area contributed by atoms with Crippen LogP contribution in [0.25, 0.3) is 0 Å². The highest BCUT2D eigenvalue weighted by molar-refractivity contribution is 8.02. The zero-order chi connectivity index (χ0) is 19.7. The van der Waals surface area contributed by atoms with Gasteiger partial charge in [0, 0.05) is 16.7 Å². The molecule has 0 bridgehead atoms. The van der Waals surface area contributed by atoms with Crippen molar-refractivity contribution in [3.8, 4) is 11.5 Å². The molecule has 0 spiro atoms. The largest absolute Gasteiger partial charge is 0.497 e. The molecular weight excluding hydrogens is 366 g/mol. The summed E-state index contributed by atoms with van der Waals surface area (Å²) in [5, 5.41) is 0. The number of ether oxygens (including phenoxy) is 2. The Morgan fingerprint density at radius 3 is 2.41 bits per heavy atom. The second kappa shape index (κ2) is 7.56. The van der Waals surface area contributed by atoms with E-state index in [4.69, 9.17) is 9.47 Å². The lowest BCUT2D eigenvalue weighted by Gasteiger charge is -2.27. The molecule has 0 radical (unpaired) electrons. The summed E-state index contributed by atoms with van der Waals surface area (Å²) in [7, 11) is 6.36. The number of carbonyl (C=O) groups is 2. The Morgan fingerprint density at radius 2 is 1.81 bits per heavy atom. The van der Waals surface area contributed by atoms with Crippen LogP contribution in [0.15, 0.2) is 33.7 Å². The van der Waals surface area contributed by atoms with Crippen LogP contribution in [0.2, 0.25) is 0 Å². The van der Waals surface area contributed by atoms with Gasteiger partial charge in [0.25, 0.3) is 5.84 Å². The highest BCUT2D eigenvalue weighted by atomic mass is 32.2. The molecule has 3 amide bonds. The van der Waals surface area contributed by atoms with Crippen molar-refractivity contribution in [2.45, 2.75) is 12.7 Å². The topological polar surface area (TPSA) is 71.2 Å². The van der Waals surface area contributed by atoms with E-state index in [2.05, 4.69) is 4.99 Å². The maximum absolute atomic E-state index is 12.8. The van der Waals surface area contributed by atoms with Gasteiger partial charge in [-0.3, -0.25) is 4.79 Å². The van der Waals surface area contributed by atoms with Crippen LogP contribution in [-0.4, -0.2) is 61.8 Å². The molecule has 142 valence electrons. The van der Waals surface area contributed by atoms with Crippen molar-refractivity contribution in [3.63, 3.8) is 0 Å². The van der Waals surface area contributed by atoms with Crippen LogP contribution in [0.4, 0.5) is 4.79 Å². The molecule has 8 heteroatoms. The Balaban J connectivity index is 1.91. The number of thioether (sulfide) groups is 1. The Bertz CT molecular complexity index is 882. The zero-order valence-corrected chi connectivity index (χ0v) is 16.8. The second-order valence-electron chi connectivity index (χ2n) is 6.35. The molecule has 1 atom stereocenters.